The first kappa shape index (κ1) is 22.7. The number of halogens is 1. The Morgan fingerprint density at radius 2 is 1.82 bits per heavy atom. The van der Waals surface area contributed by atoms with Crippen molar-refractivity contribution in [3.8, 4) is 16.5 Å². The Labute approximate surface area is 204 Å². The molecule has 7 heteroatoms. The molecule has 2 aromatic heterocycles. The number of benzene rings is 1. The molecule has 2 aliphatic rings. The highest BCUT2D eigenvalue weighted by Crippen LogP contribution is 2.41. The van der Waals surface area contributed by atoms with Gasteiger partial charge in [0.1, 0.15) is 11.8 Å². The molecule has 5 nitrogen and oxygen atoms in total. The maximum atomic E-state index is 14.0. The molecule has 33 heavy (non-hydrogen) atoms. The summed E-state index contributed by atoms with van der Waals surface area (Å²) in [6, 6.07) is 9.84. The minimum Gasteiger partial charge on any atom is -0.497 e. The zero-order chi connectivity index (χ0) is 22.8. The van der Waals surface area contributed by atoms with E-state index in [9.17, 15) is 4.79 Å². The lowest BCUT2D eigenvalue weighted by molar-refractivity contribution is -0.127. The minimum absolute atomic E-state index is 0.139. The van der Waals surface area contributed by atoms with E-state index in [-0.39, 0.29) is 18.0 Å². The Balaban J connectivity index is 1.63. The van der Waals surface area contributed by atoms with Crippen molar-refractivity contribution in [3.63, 3.8) is 0 Å². The fraction of sp³-hybridized carbons (Fsp3) is 0.538. The number of thiophene rings is 1. The van der Waals surface area contributed by atoms with Crippen LogP contribution in [0.1, 0.15) is 70.3 Å². The van der Waals surface area contributed by atoms with E-state index < -0.39 is 0 Å². The number of imidazole rings is 1. The molecule has 2 heterocycles. The zero-order valence-corrected chi connectivity index (χ0v) is 20.8. The van der Waals surface area contributed by atoms with Crippen molar-refractivity contribution in [2.45, 2.75) is 76.3 Å². The van der Waals surface area contributed by atoms with Gasteiger partial charge in [-0.25, -0.2) is 4.98 Å². The molecule has 5 rings (SSSR count). The van der Waals surface area contributed by atoms with Gasteiger partial charge < -0.3 is 14.6 Å². The molecule has 1 aromatic carbocycles. The van der Waals surface area contributed by atoms with Gasteiger partial charge in [-0.05, 0) is 55.9 Å². The van der Waals surface area contributed by atoms with Gasteiger partial charge in [0.2, 0.25) is 5.91 Å². The highest BCUT2D eigenvalue weighted by Gasteiger charge is 2.35. The fourth-order valence-corrected chi connectivity index (χ4v) is 6.65. The minimum atomic E-state index is -0.291. The van der Waals surface area contributed by atoms with Crippen LogP contribution in [0, 0.1) is 5.92 Å². The van der Waals surface area contributed by atoms with Gasteiger partial charge in [-0.1, -0.05) is 50.1 Å². The maximum Gasteiger partial charge on any atom is 0.243 e. The third-order valence-electron chi connectivity index (χ3n) is 7.28. The van der Waals surface area contributed by atoms with Crippen molar-refractivity contribution in [1.82, 2.24) is 14.9 Å². The highest BCUT2D eigenvalue weighted by molar-refractivity contribution is 7.19. The number of nitrogens with zero attached hydrogens (tertiary/aromatic N) is 2. The van der Waals surface area contributed by atoms with Crippen molar-refractivity contribution in [3.05, 3.63) is 34.7 Å². The second-order valence-corrected chi connectivity index (χ2v) is 11.2. The monoisotopic (exact) mass is 485 g/mol. The molecule has 0 saturated heterocycles. The van der Waals surface area contributed by atoms with Gasteiger partial charge >= 0.3 is 0 Å². The summed E-state index contributed by atoms with van der Waals surface area (Å²) in [5, 5.41) is 3.44. The van der Waals surface area contributed by atoms with Crippen LogP contribution in [-0.2, 0) is 4.79 Å². The van der Waals surface area contributed by atoms with Crippen LogP contribution in [0.3, 0.4) is 0 Å². The largest absolute Gasteiger partial charge is 0.497 e. The number of carbonyl (C=O) groups excluding carboxylic acids is 1. The quantitative estimate of drug-likeness (QED) is 0.409. The smallest absolute Gasteiger partial charge is 0.243 e. The van der Waals surface area contributed by atoms with E-state index in [1.807, 2.05) is 30.3 Å². The number of nitrogens with one attached hydrogen (secondary N) is 1. The second-order valence-electron chi connectivity index (χ2n) is 9.45. The SMILES string of the molecule is COc1ccc2nc(-c3ccc(Cl)s3)n(C(C(=O)NC3CCCCC3)C3CCCCC3)c2c1. The molecular formula is C26H32ClN3O2S. The van der Waals surface area contributed by atoms with Gasteiger partial charge in [-0.2, -0.15) is 0 Å². The summed E-state index contributed by atoms with van der Waals surface area (Å²) in [5.74, 6) is 2.03. The summed E-state index contributed by atoms with van der Waals surface area (Å²) in [4.78, 5) is 20.0. The topological polar surface area (TPSA) is 56.2 Å². The van der Waals surface area contributed by atoms with Gasteiger partial charge in [0, 0.05) is 12.1 Å². The Morgan fingerprint density at radius 1 is 1.09 bits per heavy atom. The van der Waals surface area contributed by atoms with Crippen molar-refractivity contribution in [2.24, 2.45) is 5.92 Å². The predicted octanol–water partition coefficient (Wildman–Crippen LogP) is 7.00. The van der Waals surface area contributed by atoms with Gasteiger partial charge in [0.05, 0.1) is 27.4 Å². The summed E-state index contributed by atoms with van der Waals surface area (Å²) in [7, 11) is 1.68. The Hall–Kier alpha value is -2.05. The fourth-order valence-electron chi connectivity index (χ4n) is 5.62. The summed E-state index contributed by atoms with van der Waals surface area (Å²) in [6.07, 6.45) is 11.6. The van der Waals surface area contributed by atoms with Gasteiger partial charge in [0.15, 0.2) is 5.82 Å². The zero-order valence-electron chi connectivity index (χ0n) is 19.2. The molecule has 0 bridgehead atoms. The van der Waals surface area contributed by atoms with Crippen LogP contribution in [0.5, 0.6) is 5.75 Å². The molecule has 1 N–H and O–H groups in total. The van der Waals surface area contributed by atoms with Crippen molar-refractivity contribution < 1.29 is 9.53 Å². The molecule has 176 valence electrons. The Bertz CT molecular complexity index is 1110. The molecule has 2 aliphatic carbocycles. The van der Waals surface area contributed by atoms with E-state index in [4.69, 9.17) is 21.3 Å². The molecule has 3 aromatic rings. The van der Waals surface area contributed by atoms with E-state index in [0.29, 0.717) is 5.92 Å². The third kappa shape index (κ3) is 4.78. The average Bonchev–Trinajstić information content (AvgIpc) is 3.44. The lowest BCUT2D eigenvalue weighted by atomic mass is 9.82. The molecule has 0 spiro atoms. The maximum absolute atomic E-state index is 14.0. The summed E-state index contributed by atoms with van der Waals surface area (Å²) >= 11 is 7.82. The predicted molar refractivity (Wildman–Crippen MR) is 135 cm³/mol. The summed E-state index contributed by atoms with van der Waals surface area (Å²) < 4.78 is 8.46. The molecular weight excluding hydrogens is 454 g/mol. The first-order valence-corrected chi connectivity index (χ1v) is 13.5. The Kier molecular flexibility index (Phi) is 6.93. The standard InChI is InChI=1S/C26H32ClN3O2S/c1-32-19-12-13-20-21(16-19)30(25(29-20)22-14-15-23(27)33-22)24(17-8-4-2-5-9-17)26(31)28-18-10-6-3-7-11-18/h12-18,24H,2-11H2,1H3,(H,28,31). The van der Waals surface area contributed by atoms with Gasteiger partial charge in [0.25, 0.3) is 0 Å². The number of amides is 1. The van der Waals surface area contributed by atoms with Crippen LogP contribution in [0.25, 0.3) is 21.7 Å². The van der Waals surface area contributed by atoms with Crippen LogP contribution in [0.15, 0.2) is 30.3 Å². The van der Waals surface area contributed by atoms with E-state index in [1.54, 1.807) is 7.11 Å². The lowest BCUT2D eigenvalue weighted by Gasteiger charge is -2.33. The van der Waals surface area contributed by atoms with E-state index in [1.165, 1.54) is 49.9 Å². The number of hydrogen-bond donors (Lipinski definition) is 1. The number of fused-ring (bicyclic) bond motifs is 1. The number of carbonyl (C=O) groups is 1. The van der Waals surface area contributed by atoms with Gasteiger partial charge in [-0.15, -0.1) is 11.3 Å². The number of hydrogen-bond acceptors (Lipinski definition) is 4. The van der Waals surface area contributed by atoms with E-state index >= 15 is 0 Å². The number of aromatic nitrogens is 2. The van der Waals surface area contributed by atoms with Crippen LogP contribution in [0.4, 0.5) is 0 Å². The summed E-state index contributed by atoms with van der Waals surface area (Å²) in [5.41, 5.74) is 1.82. The molecule has 1 amide bonds. The molecule has 0 radical (unpaired) electrons. The molecule has 2 saturated carbocycles. The van der Waals surface area contributed by atoms with Crippen LogP contribution in [0.2, 0.25) is 4.34 Å². The van der Waals surface area contributed by atoms with E-state index in [0.717, 1.165) is 57.5 Å². The second kappa shape index (κ2) is 10.1. The van der Waals surface area contributed by atoms with Crippen molar-refractivity contribution in [1.29, 1.82) is 0 Å². The first-order chi connectivity index (χ1) is 16.1. The van der Waals surface area contributed by atoms with Crippen LogP contribution in [-0.4, -0.2) is 28.6 Å². The normalized spacial score (nSPS) is 19.0. The van der Waals surface area contributed by atoms with Crippen LogP contribution < -0.4 is 10.1 Å². The van der Waals surface area contributed by atoms with Crippen LogP contribution >= 0.6 is 22.9 Å². The molecule has 1 atom stereocenters. The van der Waals surface area contributed by atoms with Gasteiger partial charge in [-0.3, -0.25) is 4.79 Å². The Morgan fingerprint density at radius 3 is 2.48 bits per heavy atom. The lowest BCUT2D eigenvalue weighted by Crippen LogP contribution is -2.43. The number of methoxy groups -OCH3 is 1. The van der Waals surface area contributed by atoms with Crippen molar-refractivity contribution >= 4 is 39.9 Å². The number of rotatable bonds is 6. The van der Waals surface area contributed by atoms with E-state index in [2.05, 4.69) is 9.88 Å². The third-order valence-corrected chi connectivity index (χ3v) is 8.51. The molecule has 1 unspecified atom stereocenters. The molecule has 2 fully saturated rings. The number of ether oxygens (including phenoxy) is 1. The van der Waals surface area contributed by atoms with Crippen molar-refractivity contribution in [2.75, 3.05) is 7.11 Å². The first-order valence-electron chi connectivity index (χ1n) is 12.3. The molecule has 0 aliphatic heterocycles. The summed E-state index contributed by atoms with van der Waals surface area (Å²) in [6.45, 7) is 0. The average molecular weight is 486 g/mol. The highest BCUT2D eigenvalue weighted by atomic mass is 35.5.